The summed E-state index contributed by atoms with van der Waals surface area (Å²) in [6.07, 6.45) is 8.41. The second-order valence-electron chi connectivity index (χ2n) is 15.7. The molecule has 18 heteroatoms. The summed E-state index contributed by atoms with van der Waals surface area (Å²) in [5.41, 5.74) is 2.05. The third-order valence-corrected chi connectivity index (χ3v) is 11.8. The fourth-order valence-corrected chi connectivity index (χ4v) is 8.60. The number of anilines is 4. The lowest BCUT2D eigenvalue weighted by Gasteiger charge is -2.43. The first-order chi connectivity index (χ1) is 29.5. The minimum absolute atomic E-state index is 0.0483. The lowest BCUT2D eigenvalue weighted by Crippen LogP contribution is -2.55. The van der Waals surface area contributed by atoms with Gasteiger partial charge < -0.3 is 40.3 Å². The van der Waals surface area contributed by atoms with Gasteiger partial charge in [-0.05, 0) is 68.9 Å². The second-order valence-corrected chi connectivity index (χ2v) is 15.7. The number of fused-ring (bicyclic) bond motifs is 2. The van der Waals surface area contributed by atoms with E-state index in [4.69, 9.17) is 14.5 Å². The number of carbonyl (C=O) groups is 6. The molecule has 18 nitrogen and oxygen atoms in total. The number of methoxy groups -OCH3 is 1. The quantitative estimate of drug-likeness (QED) is 0.0972. The van der Waals surface area contributed by atoms with E-state index in [1.165, 1.54) is 13.2 Å². The molecule has 4 heterocycles. The third kappa shape index (κ3) is 9.08. The van der Waals surface area contributed by atoms with Gasteiger partial charge in [-0.15, -0.1) is 0 Å². The Balaban J connectivity index is 0.827. The van der Waals surface area contributed by atoms with Crippen molar-refractivity contribution in [3.63, 3.8) is 0 Å². The molecule has 1 saturated carbocycles. The van der Waals surface area contributed by atoms with Gasteiger partial charge >= 0.3 is 0 Å². The lowest BCUT2D eigenvalue weighted by atomic mass is 10.0. The molecule has 0 spiro atoms. The Morgan fingerprint density at radius 1 is 0.951 bits per heavy atom. The zero-order valence-electron chi connectivity index (χ0n) is 34.7. The van der Waals surface area contributed by atoms with Gasteiger partial charge in [-0.25, -0.2) is 4.98 Å². The third-order valence-electron chi connectivity index (χ3n) is 11.8. The molecule has 1 aliphatic carbocycles. The minimum Gasteiger partial charge on any atom is -0.495 e. The number of aliphatic hydroxyl groups is 1. The van der Waals surface area contributed by atoms with E-state index in [1.54, 1.807) is 48.5 Å². The van der Waals surface area contributed by atoms with Crippen LogP contribution in [0.15, 0.2) is 42.6 Å². The van der Waals surface area contributed by atoms with Crippen LogP contribution in [-0.4, -0.2) is 107 Å². The average Bonchev–Trinajstić information content (AvgIpc) is 3.88. The lowest BCUT2D eigenvalue weighted by molar-refractivity contribution is -0.139. The normalized spacial score (nSPS) is 20.0. The second kappa shape index (κ2) is 19.0. The van der Waals surface area contributed by atoms with Gasteiger partial charge in [0.15, 0.2) is 18.7 Å². The van der Waals surface area contributed by atoms with Crippen molar-refractivity contribution in [1.82, 2.24) is 30.8 Å². The summed E-state index contributed by atoms with van der Waals surface area (Å²) in [4.78, 5) is 90.2. The van der Waals surface area contributed by atoms with E-state index < -0.39 is 30.0 Å². The van der Waals surface area contributed by atoms with Crippen molar-refractivity contribution < 1.29 is 43.3 Å². The number of nitrogens with zero attached hydrogens (tertiary/aromatic N) is 5. The fraction of sp³-hybridized carbons (Fsp3) is 0.488. The van der Waals surface area contributed by atoms with Gasteiger partial charge in [0, 0.05) is 38.2 Å². The number of unbranched alkanes of at least 4 members (excludes halogenated alkanes) is 3. The molecule has 3 aliphatic heterocycles. The predicted octanol–water partition coefficient (Wildman–Crippen LogP) is 3.47. The van der Waals surface area contributed by atoms with Crippen molar-refractivity contribution >= 4 is 58.6 Å². The first-order valence-electron chi connectivity index (χ1n) is 21.0. The maximum absolute atomic E-state index is 13.2. The Morgan fingerprint density at radius 3 is 2.43 bits per heavy atom. The van der Waals surface area contributed by atoms with Crippen molar-refractivity contribution in [3.05, 3.63) is 59.3 Å². The summed E-state index contributed by atoms with van der Waals surface area (Å²) in [5.74, 6) is -0.505. The molecule has 4 aliphatic rings. The van der Waals surface area contributed by atoms with Gasteiger partial charge in [0.2, 0.25) is 23.7 Å². The SMILES string of the molecule is CC[C@@H]1C(=O)N(C)c2cnc(Nc3ccc(C(=O)NCCCCCCNC(=O)COc4cccc5c4C(O)N(C4CCC(=O)NC4=O)C5=O)cc3OC)nc2N1C1CCCC1. The smallest absolute Gasteiger partial charge is 0.257 e. The Kier molecular flexibility index (Phi) is 13.3. The number of hydrogen-bond acceptors (Lipinski definition) is 13. The van der Waals surface area contributed by atoms with Crippen LogP contribution in [0.3, 0.4) is 0 Å². The van der Waals surface area contributed by atoms with Crippen LogP contribution in [0.1, 0.15) is 110 Å². The van der Waals surface area contributed by atoms with Gasteiger partial charge in [0.25, 0.3) is 17.7 Å². The highest BCUT2D eigenvalue weighted by molar-refractivity contribution is 6.06. The Bertz CT molecular complexity index is 2180. The molecule has 3 aromatic rings. The molecule has 7 rings (SSSR count). The van der Waals surface area contributed by atoms with Gasteiger partial charge in [0.05, 0.1) is 30.1 Å². The molecule has 324 valence electrons. The Hall–Kier alpha value is -6.30. The Labute approximate surface area is 353 Å². The van der Waals surface area contributed by atoms with E-state index in [1.807, 2.05) is 6.92 Å². The summed E-state index contributed by atoms with van der Waals surface area (Å²) in [5, 5.41) is 22.2. The minimum atomic E-state index is -1.47. The highest BCUT2D eigenvalue weighted by Gasteiger charge is 2.46. The number of rotatable bonds is 17. The van der Waals surface area contributed by atoms with Crippen molar-refractivity contribution in [3.8, 4) is 11.5 Å². The number of imide groups is 1. The standard InChI is InChI=1S/C43H53N9O9/c1-4-29-41(58)50(2)31-23-46-43(49-37(31)51(29)26-12-7-8-13-26)47-28-17-16-25(22-33(28)60-3)38(55)45-21-10-6-5-9-20-44-35(54)24-61-32-15-11-14-27-36(32)42(59)52(40(27)57)30-18-19-34(53)48-39(30)56/h11,14-17,22-23,26,29-30,42,59H,4-10,12-13,18-21,24H2,1-3H3,(H,44,54)(H,45,55)(H,46,47,49)(H,48,53,56)/t29-,30?,42?/m1/s1. The molecule has 2 aromatic carbocycles. The van der Waals surface area contributed by atoms with Crippen molar-refractivity contribution in [1.29, 1.82) is 0 Å². The van der Waals surface area contributed by atoms with E-state index in [2.05, 4.69) is 31.2 Å². The van der Waals surface area contributed by atoms with E-state index in [-0.39, 0.29) is 66.1 Å². The molecule has 1 saturated heterocycles. The van der Waals surface area contributed by atoms with Crippen molar-refractivity contribution in [2.45, 2.75) is 102 Å². The van der Waals surface area contributed by atoms with Gasteiger partial charge in [0.1, 0.15) is 29.3 Å². The largest absolute Gasteiger partial charge is 0.495 e. The van der Waals surface area contributed by atoms with Crippen LogP contribution in [0, 0.1) is 0 Å². The summed E-state index contributed by atoms with van der Waals surface area (Å²) in [6, 6.07) is 8.71. The molecule has 0 radical (unpaired) electrons. The summed E-state index contributed by atoms with van der Waals surface area (Å²) in [6.45, 7) is 2.56. The van der Waals surface area contributed by atoms with Crippen LogP contribution in [0.25, 0.3) is 0 Å². The van der Waals surface area contributed by atoms with Crippen LogP contribution in [0.2, 0.25) is 0 Å². The number of amides is 6. The number of carbonyl (C=O) groups excluding carboxylic acids is 6. The van der Waals surface area contributed by atoms with Crippen LogP contribution in [0.4, 0.5) is 23.1 Å². The van der Waals surface area contributed by atoms with E-state index in [0.717, 1.165) is 55.7 Å². The van der Waals surface area contributed by atoms with Crippen LogP contribution >= 0.6 is 0 Å². The topological polar surface area (TPSA) is 225 Å². The molecule has 1 aromatic heterocycles. The van der Waals surface area contributed by atoms with Gasteiger partial charge in [-0.1, -0.05) is 38.7 Å². The van der Waals surface area contributed by atoms with Gasteiger partial charge in [-0.3, -0.25) is 39.0 Å². The fourth-order valence-electron chi connectivity index (χ4n) is 8.60. The van der Waals surface area contributed by atoms with Crippen LogP contribution < -0.4 is 40.5 Å². The average molecular weight is 840 g/mol. The zero-order valence-corrected chi connectivity index (χ0v) is 34.7. The van der Waals surface area contributed by atoms with Crippen LogP contribution in [0.5, 0.6) is 11.5 Å². The molecular weight excluding hydrogens is 787 g/mol. The molecule has 6 amide bonds. The number of hydrogen-bond donors (Lipinski definition) is 5. The van der Waals surface area contributed by atoms with Crippen molar-refractivity contribution in [2.75, 3.05) is 49.0 Å². The zero-order chi connectivity index (χ0) is 43.2. The maximum Gasteiger partial charge on any atom is 0.257 e. The molecule has 3 atom stereocenters. The number of aromatic nitrogens is 2. The van der Waals surface area contributed by atoms with Crippen LogP contribution in [-0.2, 0) is 19.2 Å². The van der Waals surface area contributed by atoms with E-state index >= 15 is 0 Å². The van der Waals surface area contributed by atoms with Crippen molar-refractivity contribution in [2.24, 2.45) is 0 Å². The summed E-state index contributed by atoms with van der Waals surface area (Å²) in [7, 11) is 3.30. The molecular formula is C43H53N9O9. The highest BCUT2D eigenvalue weighted by Crippen LogP contribution is 2.42. The number of ether oxygens (including phenoxy) is 2. The number of nitrogens with one attached hydrogen (secondary N) is 4. The summed E-state index contributed by atoms with van der Waals surface area (Å²) < 4.78 is 11.3. The monoisotopic (exact) mass is 839 g/mol. The number of likely N-dealkylation sites (N-methyl/N-ethyl adjacent to an activating group) is 1. The molecule has 61 heavy (non-hydrogen) atoms. The Morgan fingerprint density at radius 2 is 1.70 bits per heavy atom. The number of benzene rings is 2. The number of aliphatic hydroxyl groups excluding tert-OH is 1. The first kappa shape index (κ1) is 42.8. The maximum atomic E-state index is 13.2. The molecule has 5 N–H and O–H groups in total. The first-order valence-corrected chi connectivity index (χ1v) is 21.0. The molecule has 0 bridgehead atoms. The predicted molar refractivity (Wildman–Crippen MR) is 224 cm³/mol. The number of piperidine rings is 1. The van der Waals surface area contributed by atoms with E-state index in [9.17, 15) is 33.9 Å². The van der Waals surface area contributed by atoms with Gasteiger partial charge in [-0.2, -0.15) is 4.98 Å². The molecule has 2 unspecified atom stereocenters. The van der Waals surface area contributed by atoms with E-state index in [0.29, 0.717) is 54.6 Å². The highest BCUT2D eigenvalue weighted by atomic mass is 16.5. The molecule has 2 fully saturated rings. The summed E-state index contributed by atoms with van der Waals surface area (Å²) >= 11 is 0.